The molecule has 5 heteroatoms. The van der Waals surface area contributed by atoms with Gasteiger partial charge < -0.3 is 0 Å². The zero-order valence-electron chi connectivity index (χ0n) is 9.09. The van der Waals surface area contributed by atoms with Crippen molar-refractivity contribution in [3.05, 3.63) is 23.0 Å². The molecule has 0 N–H and O–H groups in total. The number of alkyl halides is 2. The summed E-state index contributed by atoms with van der Waals surface area (Å²) in [5.41, 5.74) is 1.37. The van der Waals surface area contributed by atoms with Crippen LogP contribution in [-0.4, -0.2) is 17.1 Å². The van der Waals surface area contributed by atoms with E-state index in [9.17, 15) is 8.78 Å². The minimum absolute atomic E-state index is 0.0849. The molecule has 0 amide bonds. The van der Waals surface area contributed by atoms with Gasteiger partial charge in [0.25, 0.3) is 0 Å². The molecule has 1 aromatic heterocycles. The Morgan fingerprint density at radius 3 is 2.59 bits per heavy atom. The third kappa shape index (κ3) is 1.75. The number of hydrogen-bond acceptors (Lipinski definition) is 2. The van der Waals surface area contributed by atoms with Crippen LogP contribution in [-0.2, 0) is 5.41 Å². The summed E-state index contributed by atoms with van der Waals surface area (Å²) in [5, 5.41) is 0.394. The lowest BCUT2D eigenvalue weighted by Crippen LogP contribution is -2.36. The van der Waals surface area contributed by atoms with Crippen molar-refractivity contribution in [3.63, 3.8) is 0 Å². The van der Waals surface area contributed by atoms with Crippen LogP contribution in [0.4, 0.5) is 14.5 Å². The second kappa shape index (κ2) is 3.48. The number of hydrogen-bond donors (Lipinski definition) is 0. The van der Waals surface area contributed by atoms with E-state index in [1.54, 1.807) is 18.5 Å². The van der Waals surface area contributed by atoms with E-state index in [0.29, 0.717) is 18.0 Å². The van der Waals surface area contributed by atoms with Crippen LogP contribution >= 0.6 is 11.6 Å². The van der Waals surface area contributed by atoms with Gasteiger partial charge >= 0.3 is 0 Å². The summed E-state index contributed by atoms with van der Waals surface area (Å²) in [7, 11) is 0. The first kappa shape index (κ1) is 11.1. The van der Waals surface area contributed by atoms with Crippen molar-refractivity contribution >= 4 is 23.5 Å². The van der Waals surface area contributed by atoms with Crippen LogP contribution in [0.1, 0.15) is 31.2 Å². The first-order chi connectivity index (χ1) is 8.01. The van der Waals surface area contributed by atoms with E-state index in [4.69, 9.17) is 11.6 Å². The van der Waals surface area contributed by atoms with Crippen LogP contribution in [0.5, 0.6) is 0 Å². The third-order valence-corrected chi connectivity index (χ3v) is 3.92. The normalized spacial score (nSPS) is 23.9. The van der Waals surface area contributed by atoms with Crippen LogP contribution in [0.25, 0.3) is 0 Å². The molecule has 1 fully saturated rings. The Balaban J connectivity index is 1.98. The van der Waals surface area contributed by atoms with Gasteiger partial charge in [-0.25, -0.2) is 13.8 Å². The summed E-state index contributed by atoms with van der Waals surface area (Å²) in [5.74, 6) is -2.53. The van der Waals surface area contributed by atoms with Gasteiger partial charge in [-0.2, -0.15) is 0 Å². The Labute approximate surface area is 103 Å². The Morgan fingerprint density at radius 2 is 1.88 bits per heavy atom. The monoisotopic (exact) mass is 256 g/mol. The van der Waals surface area contributed by atoms with Gasteiger partial charge in [-0.1, -0.05) is 11.6 Å². The molecule has 1 aliphatic carbocycles. The van der Waals surface area contributed by atoms with Gasteiger partial charge in [0.1, 0.15) is 5.15 Å². The highest BCUT2D eigenvalue weighted by Crippen LogP contribution is 2.49. The van der Waals surface area contributed by atoms with Crippen molar-refractivity contribution in [2.45, 2.75) is 37.0 Å². The summed E-state index contributed by atoms with van der Waals surface area (Å²) in [6, 6.07) is 1.76. The summed E-state index contributed by atoms with van der Waals surface area (Å²) in [6.07, 6.45) is 4.09. The van der Waals surface area contributed by atoms with E-state index in [1.807, 2.05) is 0 Å². The van der Waals surface area contributed by atoms with Crippen molar-refractivity contribution in [2.24, 2.45) is 4.99 Å². The number of aromatic nitrogens is 1. The van der Waals surface area contributed by atoms with E-state index in [1.165, 1.54) is 0 Å². The first-order valence-corrected chi connectivity index (χ1v) is 5.98. The maximum absolute atomic E-state index is 13.2. The molecule has 3 rings (SSSR count). The van der Waals surface area contributed by atoms with Gasteiger partial charge in [0.05, 0.1) is 11.9 Å². The molecule has 2 nitrogen and oxygen atoms in total. The zero-order chi connectivity index (χ0) is 12.1. The standard InChI is InChI=1S/C12H11ClF2N2/c13-10-5-8-9(6-16-10)17-7-11(8)1-3-12(14,15)4-2-11/h5-7H,1-4H2. The van der Waals surface area contributed by atoms with Crippen molar-refractivity contribution in [3.8, 4) is 0 Å². The molecule has 1 aromatic rings. The zero-order valence-corrected chi connectivity index (χ0v) is 9.84. The fourth-order valence-electron chi connectivity index (χ4n) is 2.65. The molecule has 0 bridgehead atoms. The van der Waals surface area contributed by atoms with Gasteiger partial charge in [0, 0.05) is 24.5 Å². The molecule has 0 saturated heterocycles. The number of fused-ring (bicyclic) bond motifs is 2. The number of halogens is 3. The molecule has 90 valence electrons. The summed E-state index contributed by atoms with van der Waals surface area (Å²) < 4.78 is 26.4. The van der Waals surface area contributed by atoms with Crippen LogP contribution in [0.2, 0.25) is 5.15 Å². The van der Waals surface area contributed by atoms with Crippen molar-refractivity contribution in [1.29, 1.82) is 0 Å². The largest absolute Gasteiger partial charge is 0.258 e. The molecule has 17 heavy (non-hydrogen) atoms. The first-order valence-electron chi connectivity index (χ1n) is 5.60. The van der Waals surface area contributed by atoms with Crippen molar-refractivity contribution in [1.82, 2.24) is 4.98 Å². The minimum Gasteiger partial charge on any atom is -0.258 e. The lowest BCUT2D eigenvalue weighted by molar-refractivity contribution is -0.0432. The number of aliphatic imine (C=N–C) groups is 1. The van der Waals surface area contributed by atoms with Gasteiger partial charge in [-0.05, 0) is 24.5 Å². The maximum atomic E-state index is 13.2. The van der Waals surface area contributed by atoms with Crippen LogP contribution in [0.3, 0.4) is 0 Å². The highest BCUT2D eigenvalue weighted by molar-refractivity contribution is 6.29. The van der Waals surface area contributed by atoms with Gasteiger partial charge in [0.2, 0.25) is 5.92 Å². The molecule has 2 aliphatic rings. The molecule has 0 radical (unpaired) electrons. The molecular formula is C12H11ClF2N2. The molecule has 1 aliphatic heterocycles. The van der Waals surface area contributed by atoms with Gasteiger partial charge in [-0.15, -0.1) is 0 Å². The van der Waals surface area contributed by atoms with Crippen molar-refractivity contribution < 1.29 is 8.78 Å². The number of pyridine rings is 1. The van der Waals surface area contributed by atoms with E-state index in [-0.39, 0.29) is 18.3 Å². The molecule has 1 saturated carbocycles. The molecular weight excluding hydrogens is 246 g/mol. The van der Waals surface area contributed by atoms with E-state index in [2.05, 4.69) is 9.98 Å². The van der Waals surface area contributed by atoms with Crippen LogP contribution < -0.4 is 0 Å². The van der Waals surface area contributed by atoms with E-state index >= 15 is 0 Å². The molecule has 1 spiro atoms. The van der Waals surface area contributed by atoms with Crippen LogP contribution in [0, 0.1) is 0 Å². The summed E-state index contributed by atoms with van der Waals surface area (Å²) >= 11 is 5.87. The maximum Gasteiger partial charge on any atom is 0.248 e. The van der Waals surface area contributed by atoms with Gasteiger partial charge in [0.15, 0.2) is 0 Å². The predicted molar refractivity (Wildman–Crippen MR) is 62.5 cm³/mol. The Bertz CT molecular complexity index is 489. The number of rotatable bonds is 0. The minimum atomic E-state index is -2.53. The highest BCUT2D eigenvalue weighted by atomic mass is 35.5. The average molecular weight is 257 g/mol. The molecule has 0 aromatic carbocycles. The van der Waals surface area contributed by atoms with Crippen molar-refractivity contribution in [2.75, 3.05) is 0 Å². The quantitative estimate of drug-likeness (QED) is 0.647. The smallest absolute Gasteiger partial charge is 0.248 e. The fourth-order valence-corrected chi connectivity index (χ4v) is 2.81. The molecule has 2 heterocycles. The third-order valence-electron chi connectivity index (χ3n) is 3.71. The topological polar surface area (TPSA) is 25.2 Å². The van der Waals surface area contributed by atoms with Gasteiger partial charge in [-0.3, -0.25) is 4.99 Å². The Kier molecular flexibility index (Phi) is 2.27. The highest BCUT2D eigenvalue weighted by Gasteiger charge is 2.46. The van der Waals surface area contributed by atoms with E-state index < -0.39 is 5.92 Å². The Hall–Kier alpha value is -1.03. The lowest BCUT2D eigenvalue weighted by atomic mass is 9.70. The summed E-state index contributed by atoms with van der Waals surface area (Å²) in [6.45, 7) is 0. The predicted octanol–water partition coefficient (Wildman–Crippen LogP) is 3.90. The average Bonchev–Trinajstić information content (AvgIpc) is 2.63. The SMILES string of the molecule is FC1(F)CCC2(C=Nc3cnc(Cl)cc32)CC1. The number of nitrogens with zero attached hydrogens (tertiary/aromatic N) is 2. The molecule has 0 unspecified atom stereocenters. The summed E-state index contributed by atoms with van der Waals surface area (Å²) in [4.78, 5) is 8.23. The second-order valence-electron chi connectivity index (χ2n) is 4.79. The Morgan fingerprint density at radius 1 is 1.18 bits per heavy atom. The lowest BCUT2D eigenvalue weighted by Gasteiger charge is -2.35. The van der Waals surface area contributed by atoms with E-state index in [0.717, 1.165) is 11.3 Å². The van der Waals surface area contributed by atoms with Crippen LogP contribution in [0.15, 0.2) is 17.3 Å². The fraction of sp³-hybridized carbons (Fsp3) is 0.500. The molecule has 0 atom stereocenters. The second-order valence-corrected chi connectivity index (χ2v) is 5.18.